The predicted octanol–water partition coefficient (Wildman–Crippen LogP) is 1.36. The molecular formula is C13H17N3O. The van der Waals surface area contributed by atoms with Crippen molar-refractivity contribution in [3.63, 3.8) is 0 Å². The van der Waals surface area contributed by atoms with Crippen molar-refractivity contribution in [2.24, 2.45) is 5.73 Å². The second-order valence-corrected chi connectivity index (χ2v) is 4.62. The van der Waals surface area contributed by atoms with Crippen LogP contribution in [0.4, 0.5) is 0 Å². The molecule has 0 bridgehead atoms. The van der Waals surface area contributed by atoms with E-state index in [1.54, 1.807) is 0 Å². The molecule has 0 radical (unpaired) electrons. The van der Waals surface area contributed by atoms with E-state index in [2.05, 4.69) is 15.6 Å². The predicted molar refractivity (Wildman–Crippen MR) is 66.7 cm³/mol. The van der Waals surface area contributed by atoms with Crippen LogP contribution >= 0.6 is 0 Å². The fraction of sp³-hybridized carbons (Fsp3) is 0.462. The molecule has 1 aliphatic heterocycles. The molecule has 1 aromatic heterocycles. The Balaban J connectivity index is 2.05. The number of imidazole rings is 1. The van der Waals surface area contributed by atoms with E-state index in [4.69, 9.17) is 5.73 Å². The molecule has 0 amide bonds. The van der Waals surface area contributed by atoms with Gasteiger partial charge in [-0.1, -0.05) is 6.07 Å². The Labute approximate surface area is 100 Å². The monoisotopic (exact) mass is 231 g/mol. The molecule has 0 fully saturated rings. The minimum atomic E-state index is -0.461. The van der Waals surface area contributed by atoms with Crippen molar-refractivity contribution in [3.8, 4) is 0 Å². The molecule has 3 N–H and O–H groups in total. The van der Waals surface area contributed by atoms with E-state index >= 15 is 0 Å². The van der Waals surface area contributed by atoms with Crippen LogP contribution in [0, 0.1) is 0 Å². The van der Waals surface area contributed by atoms with Gasteiger partial charge in [-0.25, -0.2) is 4.98 Å². The van der Waals surface area contributed by atoms with Gasteiger partial charge >= 0.3 is 0 Å². The third kappa shape index (κ3) is 1.73. The van der Waals surface area contributed by atoms with Gasteiger partial charge in [-0.05, 0) is 37.1 Å². The molecule has 4 heteroatoms. The van der Waals surface area contributed by atoms with Gasteiger partial charge in [0.1, 0.15) is 5.82 Å². The van der Waals surface area contributed by atoms with Crippen molar-refractivity contribution in [2.45, 2.75) is 31.9 Å². The summed E-state index contributed by atoms with van der Waals surface area (Å²) in [6.45, 7) is 1.55. The average Bonchev–Trinajstić information content (AvgIpc) is 2.88. The van der Waals surface area contributed by atoms with Crippen LogP contribution in [0.15, 0.2) is 18.2 Å². The number of hydrogen-bond donors (Lipinski definition) is 2. The van der Waals surface area contributed by atoms with Crippen LogP contribution in [0.3, 0.4) is 0 Å². The number of fused-ring (bicyclic) bond motifs is 3. The Hall–Kier alpha value is -1.39. The van der Waals surface area contributed by atoms with Gasteiger partial charge in [-0.15, -0.1) is 0 Å². The number of nitrogens with zero attached hydrogens (tertiary/aromatic N) is 2. The SMILES string of the molecule is NCCC(O)c1ccc2nc3n(c2c1)CCC3. The van der Waals surface area contributed by atoms with Gasteiger partial charge < -0.3 is 15.4 Å². The first kappa shape index (κ1) is 10.7. The number of aryl methyl sites for hydroxylation is 2. The van der Waals surface area contributed by atoms with Crippen LogP contribution in [-0.4, -0.2) is 21.2 Å². The number of aliphatic hydroxyl groups is 1. The summed E-state index contributed by atoms with van der Waals surface area (Å²) < 4.78 is 2.26. The van der Waals surface area contributed by atoms with Crippen LogP contribution in [0.25, 0.3) is 11.0 Å². The van der Waals surface area contributed by atoms with Gasteiger partial charge in [-0.3, -0.25) is 0 Å². The van der Waals surface area contributed by atoms with Crippen LogP contribution in [0.2, 0.25) is 0 Å². The molecular weight excluding hydrogens is 214 g/mol. The van der Waals surface area contributed by atoms with Gasteiger partial charge in [0.05, 0.1) is 17.1 Å². The Kier molecular flexibility index (Phi) is 2.61. The number of aliphatic hydroxyl groups excluding tert-OH is 1. The van der Waals surface area contributed by atoms with Gasteiger partial charge in [0.15, 0.2) is 0 Å². The zero-order chi connectivity index (χ0) is 11.8. The third-order valence-corrected chi connectivity index (χ3v) is 3.46. The summed E-state index contributed by atoms with van der Waals surface area (Å²) in [6, 6.07) is 6.00. The smallest absolute Gasteiger partial charge is 0.109 e. The Morgan fingerprint density at radius 3 is 3.18 bits per heavy atom. The summed E-state index contributed by atoms with van der Waals surface area (Å²) in [5, 5.41) is 9.96. The average molecular weight is 231 g/mol. The number of aromatic nitrogens is 2. The van der Waals surface area contributed by atoms with Crippen molar-refractivity contribution in [1.82, 2.24) is 9.55 Å². The highest BCUT2D eigenvalue weighted by Crippen LogP contribution is 2.26. The fourth-order valence-corrected chi connectivity index (χ4v) is 2.56. The molecule has 4 nitrogen and oxygen atoms in total. The maximum absolute atomic E-state index is 9.96. The number of benzene rings is 1. The molecule has 1 aliphatic rings. The largest absolute Gasteiger partial charge is 0.388 e. The molecule has 0 spiro atoms. The number of hydrogen-bond acceptors (Lipinski definition) is 3. The summed E-state index contributed by atoms with van der Waals surface area (Å²) in [5.74, 6) is 1.17. The molecule has 0 saturated heterocycles. The molecule has 0 aliphatic carbocycles. The van der Waals surface area contributed by atoms with Crippen molar-refractivity contribution >= 4 is 11.0 Å². The molecule has 1 atom stereocenters. The maximum atomic E-state index is 9.96. The molecule has 0 saturated carbocycles. The van der Waals surface area contributed by atoms with E-state index in [9.17, 15) is 5.11 Å². The van der Waals surface area contributed by atoms with Crippen molar-refractivity contribution in [2.75, 3.05) is 6.54 Å². The van der Waals surface area contributed by atoms with E-state index in [-0.39, 0.29) is 0 Å². The quantitative estimate of drug-likeness (QED) is 0.838. The highest BCUT2D eigenvalue weighted by Gasteiger charge is 2.17. The van der Waals surface area contributed by atoms with E-state index < -0.39 is 6.10 Å². The molecule has 3 rings (SSSR count). The molecule has 1 aromatic carbocycles. The first-order valence-corrected chi connectivity index (χ1v) is 6.17. The maximum Gasteiger partial charge on any atom is 0.109 e. The van der Waals surface area contributed by atoms with Gasteiger partial charge in [0.2, 0.25) is 0 Å². The molecule has 17 heavy (non-hydrogen) atoms. The summed E-state index contributed by atoms with van der Waals surface area (Å²) in [6.07, 6.45) is 2.38. The minimum absolute atomic E-state index is 0.461. The van der Waals surface area contributed by atoms with Crippen LogP contribution < -0.4 is 5.73 Å². The second-order valence-electron chi connectivity index (χ2n) is 4.62. The highest BCUT2D eigenvalue weighted by molar-refractivity contribution is 5.77. The lowest BCUT2D eigenvalue weighted by Crippen LogP contribution is -2.06. The molecule has 90 valence electrons. The lowest BCUT2D eigenvalue weighted by atomic mass is 10.1. The van der Waals surface area contributed by atoms with E-state index in [0.717, 1.165) is 29.6 Å². The van der Waals surface area contributed by atoms with E-state index in [1.165, 1.54) is 12.2 Å². The van der Waals surface area contributed by atoms with E-state index in [0.29, 0.717) is 13.0 Å². The van der Waals surface area contributed by atoms with Gasteiger partial charge in [0, 0.05) is 13.0 Å². The Bertz CT molecular complexity index is 547. The fourth-order valence-electron chi connectivity index (χ4n) is 2.56. The summed E-state index contributed by atoms with van der Waals surface area (Å²) in [7, 11) is 0. The Morgan fingerprint density at radius 2 is 2.35 bits per heavy atom. The topological polar surface area (TPSA) is 64.1 Å². The van der Waals surface area contributed by atoms with Crippen molar-refractivity contribution in [1.29, 1.82) is 0 Å². The summed E-state index contributed by atoms with van der Waals surface area (Å²) in [5.41, 5.74) is 8.59. The summed E-state index contributed by atoms with van der Waals surface area (Å²) >= 11 is 0. The van der Waals surface area contributed by atoms with Gasteiger partial charge in [0.25, 0.3) is 0 Å². The lowest BCUT2D eigenvalue weighted by molar-refractivity contribution is 0.170. The number of rotatable bonds is 3. The zero-order valence-electron chi connectivity index (χ0n) is 9.76. The van der Waals surface area contributed by atoms with Crippen LogP contribution in [0.1, 0.15) is 30.3 Å². The Morgan fingerprint density at radius 1 is 1.47 bits per heavy atom. The van der Waals surface area contributed by atoms with Crippen molar-refractivity contribution in [3.05, 3.63) is 29.6 Å². The second kappa shape index (κ2) is 4.13. The van der Waals surface area contributed by atoms with E-state index in [1.807, 2.05) is 12.1 Å². The first-order chi connectivity index (χ1) is 8.29. The van der Waals surface area contributed by atoms with Crippen molar-refractivity contribution < 1.29 is 5.11 Å². The highest BCUT2D eigenvalue weighted by atomic mass is 16.3. The third-order valence-electron chi connectivity index (χ3n) is 3.46. The molecule has 2 aromatic rings. The minimum Gasteiger partial charge on any atom is -0.388 e. The first-order valence-electron chi connectivity index (χ1n) is 6.17. The zero-order valence-corrected chi connectivity index (χ0v) is 9.76. The standard InChI is InChI=1S/C13H17N3O/c14-6-5-12(17)9-3-4-10-11(8-9)16-7-1-2-13(16)15-10/h3-4,8,12,17H,1-2,5-7,14H2. The normalized spacial score (nSPS) is 16.4. The van der Waals surface area contributed by atoms with Gasteiger partial charge in [-0.2, -0.15) is 0 Å². The van der Waals surface area contributed by atoms with Crippen LogP contribution in [0.5, 0.6) is 0 Å². The molecule has 1 unspecified atom stereocenters. The van der Waals surface area contributed by atoms with Crippen LogP contribution in [-0.2, 0) is 13.0 Å². The summed E-state index contributed by atoms with van der Waals surface area (Å²) in [4.78, 5) is 4.60. The lowest BCUT2D eigenvalue weighted by Gasteiger charge is -2.10. The number of nitrogens with two attached hydrogens (primary N) is 1. The molecule has 2 heterocycles.